The van der Waals surface area contributed by atoms with Gasteiger partial charge in [0.1, 0.15) is 12.4 Å². The number of rotatable bonds is 9. The van der Waals surface area contributed by atoms with Gasteiger partial charge in [-0.15, -0.1) is 0 Å². The van der Waals surface area contributed by atoms with Crippen LogP contribution in [-0.4, -0.2) is 37.6 Å². The second-order valence-corrected chi connectivity index (χ2v) is 5.08. The molecule has 0 radical (unpaired) electrons. The SMILES string of the molecule is Cc1ccc(OCCN(C)C(=O)CCCCCN)cc1. The van der Waals surface area contributed by atoms with Crippen LogP contribution in [0.1, 0.15) is 31.2 Å². The van der Waals surface area contributed by atoms with Crippen LogP contribution >= 0.6 is 0 Å². The van der Waals surface area contributed by atoms with Crippen molar-refractivity contribution in [1.29, 1.82) is 0 Å². The summed E-state index contributed by atoms with van der Waals surface area (Å²) in [5, 5.41) is 0. The van der Waals surface area contributed by atoms with Crippen molar-refractivity contribution in [1.82, 2.24) is 4.90 Å². The summed E-state index contributed by atoms with van der Waals surface area (Å²) in [6.07, 6.45) is 3.53. The summed E-state index contributed by atoms with van der Waals surface area (Å²) in [5.41, 5.74) is 6.63. The lowest BCUT2D eigenvalue weighted by Gasteiger charge is -2.17. The van der Waals surface area contributed by atoms with Crippen molar-refractivity contribution in [3.63, 3.8) is 0 Å². The second-order valence-electron chi connectivity index (χ2n) is 5.08. The molecule has 0 bridgehead atoms. The van der Waals surface area contributed by atoms with Gasteiger partial charge in [-0.25, -0.2) is 0 Å². The number of benzene rings is 1. The first-order chi connectivity index (χ1) is 9.63. The van der Waals surface area contributed by atoms with E-state index in [0.717, 1.165) is 25.0 Å². The molecule has 4 heteroatoms. The maximum absolute atomic E-state index is 11.8. The van der Waals surface area contributed by atoms with Gasteiger partial charge >= 0.3 is 0 Å². The Morgan fingerprint density at radius 2 is 1.90 bits per heavy atom. The lowest BCUT2D eigenvalue weighted by molar-refractivity contribution is -0.130. The first-order valence-corrected chi connectivity index (χ1v) is 7.27. The monoisotopic (exact) mass is 278 g/mol. The molecule has 0 spiro atoms. The summed E-state index contributed by atoms with van der Waals surface area (Å²) in [7, 11) is 1.82. The van der Waals surface area contributed by atoms with E-state index in [2.05, 4.69) is 0 Å². The van der Waals surface area contributed by atoms with E-state index < -0.39 is 0 Å². The van der Waals surface area contributed by atoms with Crippen molar-refractivity contribution >= 4 is 5.91 Å². The number of carbonyl (C=O) groups is 1. The normalized spacial score (nSPS) is 10.3. The van der Waals surface area contributed by atoms with Crippen LogP contribution in [0.3, 0.4) is 0 Å². The van der Waals surface area contributed by atoms with Gasteiger partial charge < -0.3 is 15.4 Å². The molecule has 1 aromatic rings. The van der Waals surface area contributed by atoms with E-state index >= 15 is 0 Å². The average Bonchev–Trinajstić information content (AvgIpc) is 2.45. The number of unbranched alkanes of at least 4 members (excludes halogenated alkanes) is 2. The molecule has 0 saturated carbocycles. The molecule has 0 fully saturated rings. The zero-order chi connectivity index (χ0) is 14.8. The molecule has 2 N–H and O–H groups in total. The number of nitrogens with zero attached hydrogens (tertiary/aromatic N) is 1. The van der Waals surface area contributed by atoms with Gasteiger partial charge in [-0.05, 0) is 38.4 Å². The number of aryl methyl sites for hydroxylation is 1. The highest BCUT2D eigenvalue weighted by molar-refractivity contribution is 5.75. The van der Waals surface area contributed by atoms with E-state index in [1.54, 1.807) is 4.90 Å². The van der Waals surface area contributed by atoms with Crippen LogP contribution in [0, 0.1) is 6.92 Å². The topological polar surface area (TPSA) is 55.6 Å². The van der Waals surface area contributed by atoms with Gasteiger partial charge in [0.05, 0.1) is 6.54 Å². The minimum absolute atomic E-state index is 0.175. The van der Waals surface area contributed by atoms with Crippen molar-refractivity contribution in [3.8, 4) is 5.75 Å². The minimum Gasteiger partial charge on any atom is -0.492 e. The number of ether oxygens (including phenoxy) is 1. The van der Waals surface area contributed by atoms with E-state index in [1.165, 1.54) is 5.56 Å². The standard InChI is InChI=1S/C16H26N2O2/c1-14-7-9-15(10-8-14)20-13-12-18(2)16(19)6-4-3-5-11-17/h7-10H,3-6,11-13,17H2,1-2H3. The fourth-order valence-corrected chi connectivity index (χ4v) is 1.85. The summed E-state index contributed by atoms with van der Waals surface area (Å²) in [5.74, 6) is 1.02. The van der Waals surface area contributed by atoms with Crippen LogP contribution in [0.15, 0.2) is 24.3 Å². The van der Waals surface area contributed by atoms with Crippen LogP contribution in [0.5, 0.6) is 5.75 Å². The highest BCUT2D eigenvalue weighted by Crippen LogP contribution is 2.11. The van der Waals surface area contributed by atoms with Gasteiger partial charge in [0.25, 0.3) is 0 Å². The van der Waals surface area contributed by atoms with Crippen molar-refractivity contribution < 1.29 is 9.53 Å². The number of hydrogen-bond acceptors (Lipinski definition) is 3. The van der Waals surface area contributed by atoms with E-state index in [1.807, 2.05) is 38.2 Å². The molecule has 0 saturated heterocycles. The summed E-state index contributed by atoms with van der Waals surface area (Å²) < 4.78 is 5.61. The van der Waals surface area contributed by atoms with Gasteiger partial charge in [0, 0.05) is 13.5 Å². The Hall–Kier alpha value is -1.55. The van der Waals surface area contributed by atoms with Gasteiger partial charge in [-0.2, -0.15) is 0 Å². The molecule has 0 aliphatic rings. The number of likely N-dealkylation sites (N-methyl/N-ethyl adjacent to an activating group) is 1. The van der Waals surface area contributed by atoms with Crippen LogP contribution in [0.2, 0.25) is 0 Å². The Morgan fingerprint density at radius 1 is 1.20 bits per heavy atom. The van der Waals surface area contributed by atoms with E-state index in [9.17, 15) is 4.79 Å². The van der Waals surface area contributed by atoms with E-state index in [0.29, 0.717) is 26.1 Å². The number of nitrogens with two attached hydrogens (primary N) is 1. The molecule has 1 rings (SSSR count). The molecule has 0 aliphatic heterocycles. The minimum atomic E-state index is 0.175. The lowest BCUT2D eigenvalue weighted by Crippen LogP contribution is -2.30. The van der Waals surface area contributed by atoms with E-state index in [-0.39, 0.29) is 5.91 Å². The van der Waals surface area contributed by atoms with Crippen molar-refractivity contribution in [2.24, 2.45) is 5.73 Å². The molecule has 20 heavy (non-hydrogen) atoms. The maximum atomic E-state index is 11.8. The first kappa shape index (κ1) is 16.5. The molecule has 0 aliphatic carbocycles. The Kier molecular flexibility index (Phi) is 7.73. The van der Waals surface area contributed by atoms with Crippen molar-refractivity contribution in [3.05, 3.63) is 29.8 Å². The van der Waals surface area contributed by atoms with Crippen LogP contribution < -0.4 is 10.5 Å². The second kappa shape index (κ2) is 9.37. The Morgan fingerprint density at radius 3 is 2.55 bits per heavy atom. The summed E-state index contributed by atoms with van der Waals surface area (Å²) in [6, 6.07) is 7.93. The van der Waals surface area contributed by atoms with Gasteiger partial charge in [-0.3, -0.25) is 4.79 Å². The van der Waals surface area contributed by atoms with Gasteiger partial charge in [0.15, 0.2) is 0 Å². The van der Waals surface area contributed by atoms with Crippen LogP contribution in [-0.2, 0) is 4.79 Å². The molecule has 0 aromatic heterocycles. The van der Waals surface area contributed by atoms with Gasteiger partial charge in [-0.1, -0.05) is 24.1 Å². The largest absolute Gasteiger partial charge is 0.492 e. The maximum Gasteiger partial charge on any atom is 0.222 e. The molecule has 112 valence electrons. The summed E-state index contributed by atoms with van der Waals surface area (Å²) in [6.45, 7) is 3.88. The Balaban J connectivity index is 2.17. The predicted octanol–water partition coefficient (Wildman–Crippen LogP) is 2.35. The third-order valence-corrected chi connectivity index (χ3v) is 3.24. The molecule has 4 nitrogen and oxygen atoms in total. The summed E-state index contributed by atoms with van der Waals surface area (Å²) in [4.78, 5) is 13.6. The number of hydrogen-bond donors (Lipinski definition) is 1. The number of amides is 1. The lowest BCUT2D eigenvalue weighted by atomic mass is 10.2. The van der Waals surface area contributed by atoms with E-state index in [4.69, 9.17) is 10.5 Å². The third kappa shape index (κ3) is 6.57. The molecular weight excluding hydrogens is 252 g/mol. The zero-order valence-corrected chi connectivity index (χ0v) is 12.6. The van der Waals surface area contributed by atoms with Crippen molar-refractivity contribution in [2.45, 2.75) is 32.6 Å². The summed E-state index contributed by atoms with van der Waals surface area (Å²) >= 11 is 0. The third-order valence-electron chi connectivity index (χ3n) is 3.24. The van der Waals surface area contributed by atoms with Crippen molar-refractivity contribution in [2.75, 3.05) is 26.7 Å². The highest BCUT2D eigenvalue weighted by atomic mass is 16.5. The molecule has 1 amide bonds. The molecular formula is C16H26N2O2. The first-order valence-electron chi connectivity index (χ1n) is 7.27. The molecule has 0 heterocycles. The molecule has 1 aromatic carbocycles. The smallest absolute Gasteiger partial charge is 0.222 e. The zero-order valence-electron chi connectivity index (χ0n) is 12.6. The fraction of sp³-hybridized carbons (Fsp3) is 0.562. The Bertz CT molecular complexity index is 390. The quantitative estimate of drug-likeness (QED) is 0.705. The molecule has 0 atom stereocenters. The van der Waals surface area contributed by atoms with Gasteiger partial charge in [0.2, 0.25) is 5.91 Å². The highest BCUT2D eigenvalue weighted by Gasteiger charge is 2.07. The van der Waals surface area contributed by atoms with Crippen LogP contribution in [0.4, 0.5) is 0 Å². The van der Waals surface area contributed by atoms with Crippen LogP contribution in [0.25, 0.3) is 0 Å². The Labute approximate surface area is 121 Å². The number of carbonyl (C=O) groups excluding carboxylic acids is 1. The fourth-order valence-electron chi connectivity index (χ4n) is 1.85. The average molecular weight is 278 g/mol. The predicted molar refractivity (Wildman–Crippen MR) is 81.8 cm³/mol. The molecule has 0 unspecified atom stereocenters.